The van der Waals surface area contributed by atoms with Crippen molar-refractivity contribution in [2.45, 2.75) is 0 Å². The monoisotopic (exact) mass is 395 g/mol. The van der Waals surface area contributed by atoms with Crippen LogP contribution in [-0.4, -0.2) is 38.6 Å². The normalized spacial score (nSPS) is 10.3. The number of hydrogen-bond acceptors (Lipinski definition) is 4. The first-order valence-corrected chi connectivity index (χ1v) is 8.62. The summed E-state index contributed by atoms with van der Waals surface area (Å²) < 4.78 is 4.88. The lowest BCUT2D eigenvalue weighted by Gasteiger charge is -2.10. The first kappa shape index (κ1) is 20.0. The Morgan fingerprint density at radius 1 is 1.08 bits per heavy atom. The van der Waals surface area contributed by atoms with Crippen LogP contribution in [0.1, 0.15) is 10.4 Å². The summed E-state index contributed by atoms with van der Waals surface area (Å²) in [5, 5.41) is 9.17. The molecule has 3 N–H and O–H groups in total. The maximum Gasteiger partial charge on any atom is 0.251 e. The van der Waals surface area contributed by atoms with E-state index in [2.05, 4.69) is 16.0 Å². The molecule has 138 valence electrons. The molecule has 2 aromatic rings. The standard InChI is InChI=1S/C18H19Cl2N3O3/c1-26-10-9-21-18(25)12-5-7-13(8-6-12)23-16(24)11-22-15-4-2-3-14(19)17(15)20/h2-8,22H,9-11H2,1H3,(H,21,25)(H,23,24). The van der Waals surface area contributed by atoms with E-state index in [0.717, 1.165) is 0 Å². The van der Waals surface area contributed by atoms with E-state index in [1.165, 1.54) is 0 Å². The largest absolute Gasteiger partial charge is 0.383 e. The molecule has 8 heteroatoms. The van der Waals surface area contributed by atoms with Crippen LogP contribution in [0.15, 0.2) is 42.5 Å². The van der Waals surface area contributed by atoms with Gasteiger partial charge in [0.2, 0.25) is 5.91 Å². The van der Waals surface area contributed by atoms with E-state index in [1.54, 1.807) is 49.6 Å². The molecule has 2 amide bonds. The van der Waals surface area contributed by atoms with Crippen LogP contribution in [0.25, 0.3) is 0 Å². The van der Waals surface area contributed by atoms with Gasteiger partial charge in [-0.2, -0.15) is 0 Å². The molecule has 0 heterocycles. The zero-order chi connectivity index (χ0) is 18.9. The highest BCUT2D eigenvalue weighted by Gasteiger charge is 2.08. The minimum Gasteiger partial charge on any atom is -0.383 e. The second kappa shape index (κ2) is 10.0. The molecule has 2 aromatic carbocycles. The Morgan fingerprint density at radius 2 is 1.81 bits per heavy atom. The highest BCUT2D eigenvalue weighted by atomic mass is 35.5. The van der Waals surface area contributed by atoms with Crippen molar-refractivity contribution in [1.82, 2.24) is 5.32 Å². The van der Waals surface area contributed by atoms with Gasteiger partial charge < -0.3 is 20.7 Å². The van der Waals surface area contributed by atoms with Crippen molar-refractivity contribution in [2.75, 3.05) is 37.4 Å². The third kappa shape index (κ3) is 5.91. The summed E-state index contributed by atoms with van der Waals surface area (Å²) in [4.78, 5) is 23.9. The number of amides is 2. The third-order valence-corrected chi connectivity index (χ3v) is 4.23. The molecule has 26 heavy (non-hydrogen) atoms. The number of ether oxygens (including phenoxy) is 1. The van der Waals surface area contributed by atoms with Gasteiger partial charge in [0.1, 0.15) is 0 Å². The zero-order valence-electron chi connectivity index (χ0n) is 14.1. The van der Waals surface area contributed by atoms with E-state index in [1.807, 2.05) is 0 Å². The molecule has 6 nitrogen and oxygen atoms in total. The first-order chi connectivity index (χ1) is 12.5. The molecule has 0 spiro atoms. The first-order valence-electron chi connectivity index (χ1n) is 7.86. The third-order valence-electron chi connectivity index (χ3n) is 3.41. The molecule has 0 aliphatic heterocycles. The number of hydrogen-bond donors (Lipinski definition) is 3. The topological polar surface area (TPSA) is 79.5 Å². The summed E-state index contributed by atoms with van der Waals surface area (Å²) in [5.74, 6) is -0.449. The van der Waals surface area contributed by atoms with Gasteiger partial charge in [0.15, 0.2) is 0 Å². The van der Waals surface area contributed by atoms with Crippen LogP contribution < -0.4 is 16.0 Å². The number of carbonyl (C=O) groups excluding carboxylic acids is 2. The van der Waals surface area contributed by atoms with E-state index in [0.29, 0.717) is 40.1 Å². The van der Waals surface area contributed by atoms with Gasteiger partial charge in [-0.25, -0.2) is 0 Å². The Labute approximate surface area is 161 Å². The Hall–Kier alpha value is -2.28. The van der Waals surface area contributed by atoms with Crippen LogP contribution in [-0.2, 0) is 9.53 Å². The van der Waals surface area contributed by atoms with Crippen molar-refractivity contribution >= 4 is 46.4 Å². The summed E-state index contributed by atoms with van der Waals surface area (Å²) in [6.07, 6.45) is 0. The molecule has 0 aromatic heterocycles. The molecule has 0 aliphatic rings. The van der Waals surface area contributed by atoms with Gasteiger partial charge in [0, 0.05) is 24.9 Å². The lowest BCUT2D eigenvalue weighted by molar-refractivity contribution is -0.114. The van der Waals surface area contributed by atoms with Crippen molar-refractivity contribution in [2.24, 2.45) is 0 Å². The second-order valence-corrected chi connectivity index (χ2v) is 6.11. The van der Waals surface area contributed by atoms with Gasteiger partial charge in [0.05, 0.1) is 28.9 Å². The lowest BCUT2D eigenvalue weighted by atomic mass is 10.2. The Balaban J connectivity index is 1.85. The quantitative estimate of drug-likeness (QED) is 0.598. The SMILES string of the molecule is COCCNC(=O)c1ccc(NC(=O)CNc2cccc(Cl)c2Cl)cc1. The highest BCUT2D eigenvalue weighted by Crippen LogP contribution is 2.29. The molecule has 0 saturated heterocycles. The Kier molecular flexibility index (Phi) is 7.72. The second-order valence-electron chi connectivity index (χ2n) is 5.33. The van der Waals surface area contributed by atoms with Crippen LogP contribution in [0.4, 0.5) is 11.4 Å². The van der Waals surface area contributed by atoms with E-state index in [-0.39, 0.29) is 18.4 Å². The fourth-order valence-electron chi connectivity index (χ4n) is 2.09. The van der Waals surface area contributed by atoms with Crippen LogP contribution in [0.2, 0.25) is 10.0 Å². The molecule has 0 aliphatic carbocycles. The number of halogens is 2. The van der Waals surface area contributed by atoms with Gasteiger partial charge in [-0.3, -0.25) is 9.59 Å². The predicted octanol–water partition coefficient (Wildman–Crippen LogP) is 3.42. The van der Waals surface area contributed by atoms with E-state index in [9.17, 15) is 9.59 Å². The van der Waals surface area contributed by atoms with Crippen molar-refractivity contribution in [3.05, 3.63) is 58.1 Å². The molecule has 0 bridgehead atoms. The molecule has 2 rings (SSSR count). The number of rotatable bonds is 8. The maximum absolute atomic E-state index is 12.0. The average molecular weight is 396 g/mol. The average Bonchev–Trinajstić information content (AvgIpc) is 2.63. The van der Waals surface area contributed by atoms with Gasteiger partial charge in [-0.1, -0.05) is 29.3 Å². The highest BCUT2D eigenvalue weighted by molar-refractivity contribution is 6.43. The number of benzene rings is 2. The van der Waals surface area contributed by atoms with Crippen LogP contribution in [0.5, 0.6) is 0 Å². The summed E-state index contributed by atoms with van der Waals surface area (Å²) in [5.41, 5.74) is 1.67. The number of nitrogens with one attached hydrogen (secondary N) is 3. The van der Waals surface area contributed by atoms with Crippen LogP contribution >= 0.6 is 23.2 Å². The molecule has 0 unspecified atom stereocenters. The Morgan fingerprint density at radius 3 is 2.50 bits per heavy atom. The maximum atomic E-state index is 12.0. The van der Waals surface area contributed by atoms with Gasteiger partial charge in [-0.15, -0.1) is 0 Å². The van der Waals surface area contributed by atoms with Gasteiger partial charge in [0.25, 0.3) is 5.91 Å². The minimum atomic E-state index is -0.252. The molecular weight excluding hydrogens is 377 g/mol. The summed E-state index contributed by atoms with van der Waals surface area (Å²) in [6, 6.07) is 11.7. The number of anilines is 2. The van der Waals surface area contributed by atoms with E-state index >= 15 is 0 Å². The van der Waals surface area contributed by atoms with Crippen LogP contribution in [0, 0.1) is 0 Å². The summed E-state index contributed by atoms with van der Waals surface area (Å²) in [6.45, 7) is 0.911. The molecule has 0 fully saturated rings. The number of carbonyl (C=O) groups is 2. The molecule has 0 radical (unpaired) electrons. The van der Waals surface area contributed by atoms with Crippen molar-refractivity contribution < 1.29 is 14.3 Å². The molecular formula is C18H19Cl2N3O3. The van der Waals surface area contributed by atoms with Crippen molar-refractivity contribution in [1.29, 1.82) is 0 Å². The molecule has 0 saturated carbocycles. The van der Waals surface area contributed by atoms with Crippen molar-refractivity contribution in [3.63, 3.8) is 0 Å². The van der Waals surface area contributed by atoms with Gasteiger partial charge >= 0.3 is 0 Å². The van der Waals surface area contributed by atoms with Crippen molar-refractivity contribution in [3.8, 4) is 0 Å². The Bertz CT molecular complexity index is 767. The lowest BCUT2D eigenvalue weighted by Crippen LogP contribution is -2.27. The minimum absolute atomic E-state index is 0.0271. The number of methoxy groups -OCH3 is 1. The summed E-state index contributed by atoms with van der Waals surface area (Å²) >= 11 is 12.0. The van der Waals surface area contributed by atoms with Gasteiger partial charge in [-0.05, 0) is 36.4 Å². The summed E-state index contributed by atoms with van der Waals surface area (Å²) in [7, 11) is 1.57. The smallest absolute Gasteiger partial charge is 0.251 e. The fraction of sp³-hybridized carbons (Fsp3) is 0.222. The molecule has 0 atom stereocenters. The zero-order valence-corrected chi connectivity index (χ0v) is 15.7. The van der Waals surface area contributed by atoms with Crippen LogP contribution in [0.3, 0.4) is 0 Å². The fourth-order valence-corrected chi connectivity index (χ4v) is 2.46. The predicted molar refractivity (Wildman–Crippen MR) is 104 cm³/mol. The van der Waals surface area contributed by atoms with E-state index in [4.69, 9.17) is 27.9 Å². The van der Waals surface area contributed by atoms with E-state index < -0.39 is 0 Å².